The third-order valence-electron chi connectivity index (χ3n) is 3.60. The monoisotopic (exact) mass is 355 g/mol. The number of benzene rings is 1. The summed E-state index contributed by atoms with van der Waals surface area (Å²) in [5.74, 6) is 0.922. The van der Waals surface area contributed by atoms with Gasteiger partial charge in [-0.1, -0.05) is 11.8 Å². The van der Waals surface area contributed by atoms with Crippen molar-refractivity contribution < 1.29 is 17.9 Å². The standard InChI is InChI=1S/C14H17N3O4S2/c1-21-10-2-3-11-12(6-10)17-14(16-11)22-7-13(18)15-9-4-5-23(19,20)8-9/h2-3,6,9H,4-5,7-8H2,1H3,(H,15,18)(H,16,17). The van der Waals surface area contributed by atoms with E-state index in [1.54, 1.807) is 7.11 Å². The van der Waals surface area contributed by atoms with E-state index in [-0.39, 0.29) is 29.2 Å². The zero-order valence-corrected chi connectivity index (χ0v) is 14.2. The fraction of sp³-hybridized carbons (Fsp3) is 0.429. The Kier molecular flexibility index (Phi) is 4.49. The van der Waals surface area contributed by atoms with Crippen molar-refractivity contribution in [2.75, 3.05) is 24.4 Å². The maximum absolute atomic E-state index is 11.9. The summed E-state index contributed by atoms with van der Waals surface area (Å²) in [4.78, 5) is 19.4. The van der Waals surface area contributed by atoms with Crippen molar-refractivity contribution in [3.8, 4) is 5.75 Å². The van der Waals surface area contributed by atoms with Gasteiger partial charge < -0.3 is 15.0 Å². The van der Waals surface area contributed by atoms with E-state index < -0.39 is 9.84 Å². The molecule has 3 rings (SSSR count). The number of aromatic amines is 1. The van der Waals surface area contributed by atoms with Gasteiger partial charge in [0.05, 0.1) is 35.4 Å². The van der Waals surface area contributed by atoms with Crippen LogP contribution in [0.3, 0.4) is 0 Å². The van der Waals surface area contributed by atoms with E-state index in [1.807, 2.05) is 18.2 Å². The van der Waals surface area contributed by atoms with E-state index in [4.69, 9.17) is 4.74 Å². The number of nitrogens with one attached hydrogen (secondary N) is 2. The fourth-order valence-corrected chi connectivity index (χ4v) is 4.84. The van der Waals surface area contributed by atoms with E-state index >= 15 is 0 Å². The van der Waals surface area contributed by atoms with Gasteiger partial charge in [-0.2, -0.15) is 0 Å². The number of imidazole rings is 1. The minimum atomic E-state index is -2.98. The quantitative estimate of drug-likeness (QED) is 0.775. The third-order valence-corrected chi connectivity index (χ3v) is 6.25. The second-order valence-corrected chi connectivity index (χ2v) is 8.57. The second-order valence-electron chi connectivity index (χ2n) is 5.38. The van der Waals surface area contributed by atoms with Gasteiger partial charge in [0.15, 0.2) is 15.0 Å². The molecule has 1 aliphatic heterocycles. The number of hydrogen-bond acceptors (Lipinski definition) is 6. The lowest BCUT2D eigenvalue weighted by Gasteiger charge is -2.09. The summed E-state index contributed by atoms with van der Waals surface area (Å²) in [6.45, 7) is 0. The van der Waals surface area contributed by atoms with Gasteiger partial charge in [0.1, 0.15) is 5.75 Å². The molecule has 9 heteroatoms. The van der Waals surface area contributed by atoms with Crippen LogP contribution in [-0.4, -0.2) is 54.7 Å². The van der Waals surface area contributed by atoms with E-state index in [0.717, 1.165) is 16.8 Å². The molecule has 2 heterocycles. The lowest BCUT2D eigenvalue weighted by molar-refractivity contribution is -0.119. The van der Waals surface area contributed by atoms with Gasteiger partial charge in [-0.05, 0) is 18.6 Å². The van der Waals surface area contributed by atoms with Crippen molar-refractivity contribution in [3.05, 3.63) is 18.2 Å². The summed E-state index contributed by atoms with van der Waals surface area (Å²) in [6.07, 6.45) is 0.489. The third kappa shape index (κ3) is 3.97. The number of fused-ring (bicyclic) bond motifs is 1. The molecule has 1 saturated heterocycles. The molecule has 1 fully saturated rings. The number of carbonyl (C=O) groups is 1. The Bertz CT molecular complexity index is 832. The maximum atomic E-state index is 11.9. The van der Waals surface area contributed by atoms with Crippen LogP contribution in [0.25, 0.3) is 11.0 Å². The normalized spacial score (nSPS) is 19.8. The van der Waals surface area contributed by atoms with Gasteiger partial charge in [0, 0.05) is 12.1 Å². The summed E-state index contributed by atoms with van der Waals surface area (Å²) >= 11 is 1.28. The number of hydrogen-bond donors (Lipinski definition) is 2. The second kappa shape index (κ2) is 6.40. The molecule has 0 bridgehead atoms. The number of thioether (sulfide) groups is 1. The van der Waals surface area contributed by atoms with Crippen LogP contribution in [-0.2, 0) is 14.6 Å². The number of nitrogens with zero attached hydrogens (tertiary/aromatic N) is 1. The number of aromatic nitrogens is 2. The summed E-state index contributed by atoms with van der Waals surface area (Å²) in [5, 5.41) is 3.40. The van der Waals surface area contributed by atoms with Crippen LogP contribution in [0.4, 0.5) is 0 Å². The molecule has 23 heavy (non-hydrogen) atoms. The average Bonchev–Trinajstić information content (AvgIpc) is 3.06. The van der Waals surface area contributed by atoms with Crippen LogP contribution in [0, 0.1) is 0 Å². The van der Waals surface area contributed by atoms with Crippen LogP contribution in [0.1, 0.15) is 6.42 Å². The summed E-state index contributed by atoms with van der Waals surface area (Å²) in [7, 11) is -1.39. The van der Waals surface area contributed by atoms with Crippen molar-refractivity contribution in [1.82, 2.24) is 15.3 Å². The highest BCUT2D eigenvalue weighted by molar-refractivity contribution is 7.99. The predicted octanol–water partition coefficient (Wildman–Crippen LogP) is 0.967. The minimum absolute atomic E-state index is 0.0356. The first-order chi connectivity index (χ1) is 10.9. The average molecular weight is 355 g/mol. The highest BCUT2D eigenvalue weighted by atomic mass is 32.2. The molecule has 1 aromatic carbocycles. The lowest BCUT2D eigenvalue weighted by Crippen LogP contribution is -2.36. The Balaban J connectivity index is 1.56. The van der Waals surface area contributed by atoms with Gasteiger partial charge >= 0.3 is 0 Å². The molecular formula is C14H17N3O4S2. The zero-order chi connectivity index (χ0) is 16.4. The maximum Gasteiger partial charge on any atom is 0.230 e. The highest BCUT2D eigenvalue weighted by Crippen LogP contribution is 2.23. The molecule has 124 valence electrons. The van der Waals surface area contributed by atoms with Gasteiger partial charge in [-0.3, -0.25) is 4.79 Å². The molecule has 1 amide bonds. The molecule has 0 saturated carbocycles. The van der Waals surface area contributed by atoms with Crippen LogP contribution in [0.5, 0.6) is 5.75 Å². The Morgan fingerprint density at radius 3 is 3.04 bits per heavy atom. The Hall–Kier alpha value is -1.74. The molecule has 0 aliphatic carbocycles. The van der Waals surface area contributed by atoms with Crippen molar-refractivity contribution in [3.63, 3.8) is 0 Å². The topological polar surface area (TPSA) is 101 Å². The molecule has 1 unspecified atom stereocenters. The summed E-state index contributed by atoms with van der Waals surface area (Å²) in [5.41, 5.74) is 1.64. The summed E-state index contributed by atoms with van der Waals surface area (Å²) < 4.78 is 27.9. The van der Waals surface area contributed by atoms with E-state index in [1.165, 1.54) is 11.8 Å². The number of rotatable bonds is 5. The predicted molar refractivity (Wildman–Crippen MR) is 88.6 cm³/mol. The van der Waals surface area contributed by atoms with Crippen molar-refractivity contribution in [2.24, 2.45) is 0 Å². The largest absolute Gasteiger partial charge is 0.497 e. The number of ether oxygens (including phenoxy) is 1. The van der Waals surface area contributed by atoms with E-state index in [9.17, 15) is 13.2 Å². The first-order valence-corrected chi connectivity index (χ1v) is 9.92. The number of H-pyrrole nitrogens is 1. The molecule has 1 aromatic heterocycles. The van der Waals surface area contributed by atoms with Gasteiger partial charge in [-0.15, -0.1) is 0 Å². The molecule has 0 spiro atoms. The molecule has 7 nitrogen and oxygen atoms in total. The van der Waals surface area contributed by atoms with Gasteiger partial charge in [0.2, 0.25) is 5.91 Å². The van der Waals surface area contributed by atoms with Gasteiger partial charge in [0.25, 0.3) is 0 Å². The molecule has 0 radical (unpaired) electrons. The molecule has 1 atom stereocenters. The first-order valence-electron chi connectivity index (χ1n) is 7.11. The molecule has 2 N–H and O–H groups in total. The molecule has 2 aromatic rings. The van der Waals surface area contributed by atoms with Crippen molar-refractivity contribution in [2.45, 2.75) is 17.6 Å². The van der Waals surface area contributed by atoms with Gasteiger partial charge in [-0.25, -0.2) is 13.4 Å². The van der Waals surface area contributed by atoms with Crippen LogP contribution >= 0.6 is 11.8 Å². The number of carbonyl (C=O) groups excluding carboxylic acids is 1. The Morgan fingerprint density at radius 2 is 2.35 bits per heavy atom. The van der Waals surface area contributed by atoms with Crippen molar-refractivity contribution in [1.29, 1.82) is 0 Å². The van der Waals surface area contributed by atoms with Crippen LogP contribution < -0.4 is 10.1 Å². The molecule has 1 aliphatic rings. The highest BCUT2D eigenvalue weighted by Gasteiger charge is 2.28. The number of amides is 1. The van der Waals surface area contributed by atoms with Crippen molar-refractivity contribution >= 4 is 38.5 Å². The number of sulfone groups is 1. The Labute approximate surface area is 138 Å². The lowest BCUT2D eigenvalue weighted by atomic mass is 10.3. The number of methoxy groups -OCH3 is 1. The zero-order valence-electron chi connectivity index (χ0n) is 12.5. The Morgan fingerprint density at radius 1 is 1.52 bits per heavy atom. The first kappa shape index (κ1) is 16.1. The minimum Gasteiger partial charge on any atom is -0.497 e. The van der Waals surface area contributed by atoms with Crippen LogP contribution in [0.2, 0.25) is 0 Å². The fourth-order valence-electron chi connectivity index (χ4n) is 2.47. The SMILES string of the molecule is COc1ccc2nc(SCC(=O)NC3CCS(=O)(=O)C3)[nH]c2c1. The van der Waals surface area contributed by atoms with E-state index in [2.05, 4.69) is 15.3 Å². The smallest absolute Gasteiger partial charge is 0.230 e. The molecular weight excluding hydrogens is 338 g/mol. The van der Waals surface area contributed by atoms with E-state index in [0.29, 0.717) is 11.6 Å². The summed E-state index contributed by atoms with van der Waals surface area (Å²) in [6, 6.07) is 5.24. The van der Waals surface area contributed by atoms with Crippen LogP contribution in [0.15, 0.2) is 23.4 Å².